The molecule has 2 nitrogen and oxygen atoms in total. The van der Waals surface area contributed by atoms with Crippen LogP contribution in [0.5, 0.6) is 0 Å². The van der Waals surface area contributed by atoms with Crippen LogP contribution in [0.4, 0.5) is 4.39 Å². The van der Waals surface area contributed by atoms with Crippen LogP contribution in [-0.4, -0.2) is 18.2 Å². The average Bonchev–Trinajstić information content (AvgIpc) is 2.29. The third-order valence-electron chi connectivity index (χ3n) is 2.79. The molecule has 0 radical (unpaired) electrons. The molecule has 1 aromatic rings. The highest BCUT2D eigenvalue weighted by Crippen LogP contribution is 2.15. The zero-order valence-electron chi connectivity index (χ0n) is 9.91. The molecular weight excluding hydrogens is 205 g/mol. The van der Waals surface area contributed by atoms with E-state index in [4.69, 9.17) is 0 Å². The Morgan fingerprint density at radius 2 is 2.00 bits per heavy atom. The maximum Gasteiger partial charge on any atom is 0.129 e. The van der Waals surface area contributed by atoms with Gasteiger partial charge in [-0.05, 0) is 18.5 Å². The number of nitrogens with one attached hydrogen (secondary N) is 1. The number of benzene rings is 1. The van der Waals surface area contributed by atoms with Gasteiger partial charge in [-0.1, -0.05) is 38.5 Å². The summed E-state index contributed by atoms with van der Waals surface area (Å²) in [6.45, 7) is 5.51. The lowest BCUT2D eigenvalue weighted by Crippen LogP contribution is -2.26. The van der Waals surface area contributed by atoms with Crippen LogP contribution in [0, 0.1) is 11.7 Å². The summed E-state index contributed by atoms with van der Waals surface area (Å²) >= 11 is 0. The number of rotatable bonds is 6. The van der Waals surface area contributed by atoms with Crippen LogP contribution >= 0.6 is 0 Å². The van der Waals surface area contributed by atoms with Gasteiger partial charge in [0.05, 0.1) is 6.10 Å². The molecule has 0 amide bonds. The first kappa shape index (κ1) is 13.1. The first-order chi connectivity index (χ1) is 7.65. The quantitative estimate of drug-likeness (QED) is 0.779. The SMILES string of the molecule is CCC(C)CNCC(O)c1ccccc1F. The van der Waals surface area contributed by atoms with Crippen molar-refractivity contribution in [3.8, 4) is 0 Å². The Bertz CT molecular complexity index is 317. The van der Waals surface area contributed by atoms with Gasteiger partial charge in [0.15, 0.2) is 0 Å². The molecule has 2 N–H and O–H groups in total. The molecule has 90 valence electrons. The summed E-state index contributed by atoms with van der Waals surface area (Å²) in [5.41, 5.74) is 0.360. The summed E-state index contributed by atoms with van der Waals surface area (Å²) in [5, 5.41) is 12.9. The molecule has 0 fully saturated rings. The fraction of sp³-hybridized carbons (Fsp3) is 0.538. The monoisotopic (exact) mass is 225 g/mol. The normalized spacial score (nSPS) is 14.8. The van der Waals surface area contributed by atoms with Gasteiger partial charge >= 0.3 is 0 Å². The average molecular weight is 225 g/mol. The second-order valence-electron chi connectivity index (χ2n) is 4.21. The number of hydrogen-bond donors (Lipinski definition) is 2. The molecule has 1 rings (SSSR count). The third kappa shape index (κ3) is 3.91. The summed E-state index contributed by atoms with van der Waals surface area (Å²) in [6, 6.07) is 6.34. The van der Waals surface area contributed by atoms with Gasteiger partial charge in [-0.2, -0.15) is 0 Å². The topological polar surface area (TPSA) is 32.3 Å². The Labute approximate surface area is 96.5 Å². The van der Waals surface area contributed by atoms with Crippen LogP contribution in [0.3, 0.4) is 0 Å². The fourth-order valence-electron chi connectivity index (χ4n) is 1.47. The Balaban J connectivity index is 2.41. The third-order valence-corrected chi connectivity index (χ3v) is 2.79. The van der Waals surface area contributed by atoms with Gasteiger partial charge in [-0.15, -0.1) is 0 Å². The summed E-state index contributed by atoms with van der Waals surface area (Å²) in [7, 11) is 0. The van der Waals surface area contributed by atoms with Crippen molar-refractivity contribution < 1.29 is 9.50 Å². The van der Waals surface area contributed by atoms with Crippen molar-refractivity contribution >= 4 is 0 Å². The molecule has 16 heavy (non-hydrogen) atoms. The number of aliphatic hydroxyl groups is 1. The van der Waals surface area contributed by atoms with E-state index < -0.39 is 6.10 Å². The standard InChI is InChI=1S/C13H20FNO/c1-3-10(2)8-15-9-13(16)11-6-4-5-7-12(11)14/h4-7,10,13,15-16H,3,8-9H2,1-2H3. The molecular formula is C13H20FNO. The van der Waals surface area contributed by atoms with Gasteiger partial charge in [0, 0.05) is 12.1 Å². The molecule has 0 aliphatic carbocycles. The first-order valence-electron chi connectivity index (χ1n) is 5.78. The van der Waals surface area contributed by atoms with E-state index in [1.807, 2.05) is 0 Å². The maximum absolute atomic E-state index is 13.3. The number of aliphatic hydroxyl groups excluding tert-OH is 1. The van der Waals surface area contributed by atoms with Gasteiger partial charge in [-0.3, -0.25) is 0 Å². The Morgan fingerprint density at radius 3 is 2.62 bits per heavy atom. The van der Waals surface area contributed by atoms with Gasteiger partial charge in [0.25, 0.3) is 0 Å². The highest BCUT2D eigenvalue weighted by atomic mass is 19.1. The highest BCUT2D eigenvalue weighted by molar-refractivity contribution is 5.19. The van der Waals surface area contributed by atoms with Gasteiger partial charge in [0.2, 0.25) is 0 Å². The first-order valence-corrected chi connectivity index (χ1v) is 5.78. The van der Waals surface area contributed by atoms with Crippen molar-refractivity contribution in [2.45, 2.75) is 26.4 Å². The van der Waals surface area contributed by atoms with Gasteiger partial charge in [-0.25, -0.2) is 4.39 Å². The Kier molecular flexibility index (Phi) is 5.43. The smallest absolute Gasteiger partial charge is 0.129 e. The van der Waals surface area contributed by atoms with Crippen molar-refractivity contribution in [3.63, 3.8) is 0 Å². The number of halogens is 1. The second-order valence-corrected chi connectivity index (χ2v) is 4.21. The molecule has 0 saturated carbocycles. The molecule has 3 heteroatoms. The fourth-order valence-corrected chi connectivity index (χ4v) is 1.47. The van der Waals surface area contributed by atoms with Crippen molar-refractivity contribution in [1.29, 1.82) is 0 Å². The zero-order chi connectivity index (χ0) is 12.0. The van der Waals surface area contributed by atoms with Crippen molar-refractivity contribution in [3.05, 3.63) is 35.6 Å². The minimum absolute atomic E-state index is 0.347. The van der Waals surface area contributed by atoms with E-state index in [1.165, 1.54) is 6.07 Å². The van der Waals surface area contributed by atoms with Crippen LogP contribution in [0.1, 0.15) is 31.9 Å². The molecule has 0 aliphatic rings. The predicted molar refractivity (Wildman–Crippen MR) is 63.7 cm³/mol. The summed E-state index contributed by atoms with van der Waals surface area (Å²) in [5.74, 6) is 0.230. The van der Waals surface area contributed by atoms with E-state index in [-0.39, 0.29) is 5.82 Å². The second kappa shape index (κ2) is 6.61. The van der Waals surface area contributed by atoms with Crippen LogP contribution in [-0.2, 0) is 0 Å². The molecule has 0 aromatic heterocycles. The number of hydrogen-bond acceptors (Lipinski definition) is 2. The van der Waals surface area contributed by atoms with E-state index in [0.29, 0.717) is 18.0 Å². The Morgan fingerprint density at radius 1 is 1.31 bits per heavy atom. The minimum atomic E-state index is -0.773. The van der Waals surface area contributed by atoms with E-state index >= 15 is 0 Å². The molecule has 0 bridgehead atoms. The molecule has 0 saturated heterocycles. The summed E-state index contributed by atoms with van der Waals surface area (Å²) in [4.78, 5) is 0. The molecule has 0 spiro atoms. The van der Waals surface area contributed by atoms with E-state index in [0.717, 1.165) is 13.0 Å². The molecule has 0 aliphatic heterocycles. The predicted octanol–water partition coefficient (Wildman–Crippen LogP) is 2.49. The maximum atomic E-state index is 13.3. The van der Waals surface area contributed by atoms with Gasteiger partial charge < -0.3 is 10.4 Å². The van der Waals surface area contributed by atoms with Crippen molar-refractivity contribution in [2.75, 3.05) is 13.1 Å². The zero-order valence-corrected chi connectivity index (χ0v) is 9.91. The van der Waals surface area contributed by atoms with E-state index in [1.54, 1.807) is 18.2 Å². The largest absolute Gasteiger partial charge is 0.387 e. The molecule has 0 heterocycles. The lowest BCUT2D eigenvalue weighted by Gasteiger charge is -2.15. The van der Waals surface area contributed by atoms with Gasteiger partial charge in [0.1, 0.15) is 5.82 Å². The highest BCUT2D eigenvalue weighted by Gasteiger charge is 2.11. The lowest BCUT2D eigenvalue weighted by molar-refractivity contribution is 0.168. The molecule has 1 aromatic carbocycles. The Hall–Kier alpha value is -0.930. The molecule has 2 unspecified atom stereocenters. The van der Waals surface area contributed by atoms with Crippen molar-refractivity contribution in [2.24, 2.45) is 5.92 Å². The lowest BCUT2D eigenvalue weighted by atomic mass is 10.1. The summed E-state index contributed by atoms with van der Waals surface area (Å²) in [6.07, 6.45) is 0.327. The minimum Gasteiger partial charge on any atom is -0.387 e. The van der Waals surface area contributed by atoms with E-state index in [9.17, 15) is 9.50 Å². The van der Waals surface area contributed by atoms with E-state index in [2.05, 4.69) is 19.2 Å². The summed E-state index contributed by atoms with van der Waals surface area (Å²) < 4.78 is 13.3. The van der Waals surface area contributed by atoms with Crippen LogP contribution < -0.4 is 5.32 Å². The van der Waals surface area contributed by atoms with Crippen molar-refractivity contribution in [1.82, 2.24) is 5.32 Å². The molecule has 2 atom stereocenters. The van der Waals surface area contributed by atoms with Crippen LogP contribution in [0.2, 0.25) is 0 Å². The van der Waals surface area contributed by atoms with Crippen LogP contribution in [0.15, 0.2) is 24.3 Å². The van der Waals surface area contributed by atoms with Crippen LogP contribution in [0.25, 0.3) is 0 Å².